The Bertz CT molecular complexity index is 903. The molecule has 39 heavy (non-hydrogen) atoms. The predicted molar refractivity (Wildman–Crippen MR) is 171 cm³/mol. The molecule has 0 N–H and O–H groups in total. The zero-order valence-electron chi connectivity index (χ0n) is 25.9. The average molecular weight is 547 g/mol. The van der Waals surface area contributed by atoms with Gasteiger partial charge in [-0.05, 0) is 183 Å². The van der Waals surface area contributed by atoms with Crippen LogP contribution in [0.25, 0.3) is 0 Å². The molecule has 1 heteroatoms. The summed E-state index contributed by atoms with van der Waals surface area (Å²) in [5, 5.41) is 3.40. The van der Waals surface area contributed by atoms with E-state index in [0.29, 0.717) is 10.3 Å². The van der Waals surface area contributed by atoms with E-state index in [2.05, 4.69) is 32.9 Å². The number of benzene rings is 1. The fourth-order valence-corrected chi connectivity index (χ4v) is 17.9. The Morgan fingerprint density at radius 2 is 0.923 bits per heavy atom. The lowest BCUT2D eigenvalue weighted by atomic mass is 9.55. The van der Waals surface area contributed by atoms with Crippen molar-refractivity contribution < 1.29 is 0 Å². The van der Waals surface area contributed by atoms with Gasteiger partial charge in [-0.25, -0.2) is 0 Å². The van der Waals surface area contributed by atoms with Crippen LogP contribution in [0.3, 0.4) is 0 Å². The molecule has 8 saturated carbocycles. The number of aryl methyl sites for hydroxylation is 1. The summed E-state index contributed by atoms with van der Waals surface area (Å²) in [4.78, 5) is 0. The van der Waals surface area contributed by atoms with Crippen molar-refractivity contribution in [3.8, 4) is 0 Å². The Labute approximate surface area is 243 Å². The highest BCUT2D eigenvalue weighted by Crippen LogP contribution is 2.78. The van der Waals surface area contributed by atoms with Crippen LogP contribution in [0, 0.1) is 35.5 Å². The molecular formula is C38H59P. The summed E-state index contributed by atoms with van der Waals surface area (Å²) >= 11 is 0. The van der Waals surface area contributed by atoms with E-state index in [-0.39, 0.29) is 7.92 Å². The molecule has 0 amide bonds. The van der Waals surface area contributed by atoms with Gasteiger partial charge in [0, 0.05) is 0 Å². The standard InChI is InChI=1S/C38H59P/c1-4-7-10-33-13-14-36(35(12-9-6-3)34(33)11-8-5-2)39(37-21-27-15-28(22-37)17-29(16-27)23-37)38-24-30-18-31(25-38)20-32(19-30)26-38/h13-14,27-32H,4-12,15-26H2,1-3H3. The van der Waals surface area contributed by atoms with Gasteiger partial charge in [-0.1, -0.05) is 60.1 Å². The molecule has 1 aromatic rings. The Morgan fingerprint density at radius 1 is 0.538 bits per heavy atom. The molecule has 9 rings (SSSR count). The molecule has 8 aliphatic carbocycles. The molecule has 0 aromatic heterocycles. The molecule has 8 aliphatic rings. The van der Waals surface area contributed by atoms with Crippen LogP contribution < -0.4 is 5.30 Å². The van der Waals surface area contributed by atoms with Gasteiger partial charge < -0.3 is 0 Å². The van der Waals surface area contributed by atoms with Gasteiger partial charge in [0.15, 0.2) is 0 Å². The first-order chi connectivity index (χ1) is 19.0. The highest BCUT2D eigenvalue weighted by atomic mass is 31.1. The van der Waals surface area contributed by atoms with E-state index in [0.717, 1.165) is 35.5 Å². The van der Waals surface area contributed by atoms with Crippen molar-refractivity contribution in [1.82, 2.24) is 0 Å². The molecule has 8 fully saturated rings. The third-order valence-electron chi connectivity index (χ3n) is 13.1. The fourth-order valence-electron chi connectivity index (χ4n) is 12.5. The first-order valence-electron chi connectivity index (χ1n) is 18.0. The summed E-state index contributed by atoms with van der Waals surface area (Å²) in [5.74, 6) is 6.49. The van der Waals surface area contributed by atoms with Crippen LogP contribution in [0.5, 0.6) is 0 Å². The summed E-state index contributed by atoms with van der Waals surface area (Å²) < 4.78 is 0. The van der Waals surface area contributed by atoms with E-state index >= 15 is 0 Å². The Morgan fingerprint density at radius 3 is 1.33 bits per heavy atom. The van der Waals surface area contributed by atoms with Crippen molar-refractivity contribution in [2.24, 2.45) is 35.5 Å². The van der Waals surface area contributed by atoms with Gasteiger partial charge in [0.2, 0.25) is 0 Å². The summed E-state index contributed by atoms with van der Waals surface area (Å²) in [6.07, 6.45) is 31.6. The van der Waals surface area contributed by atoms with Crippen LogP contribution in [0.2, 0.25) is 0 Å². The monoisotopic (exact) mass is 546 g/mol. The van der Waals surface area contributed by atoms with Gasteiger partial charge in [-0.2, -0.15) is 0 Å². The van der Waals surface area contributed by atoms with E-state index < -0.39 is 0 Å². The largest absolute Gasteiger partial charge is 0.0654 e. The number of hydrogen-bond donors (Lipinski definition) is 0. The minimum absolute atomic E-state index is 0.0978. The maximum atomic E-state index is 2.84. The fraction of sp³-hybridized carbons (Fsp3) is 0.842. The maximum Gasteiger partial charge on any atom is -0.00413 e. The normalized spacial score (nSPS) is 40.5. The van der Waals surface area contributed by atoms with Crippen molar-refractivity contribution >= 4 is 13.2 Å². The minimum Gasteiger partial charge on any atom is -0.0654 e. The third-order valence-corrected chi connectivity index (χ3v) is 17.0. The van der Waals surface area contributed by atoms with Crippen LogP contribution >= 0.6 is 7.92 Å². The van der Waals surface area contributed by atoms with E-state index in [1.54, 1.807) is 82.6 Å². The molecule has 0 heterocycles. The van der Waals surface area contributed by atoms with Crippen molar-refractivity contribution in [1.29, 1.82) is 0 Å². The first-order valence-corrected chi connectivity index (χ1v) is 19.3. The highest BCUT2D eigenvalue weighted by Gasteiger charge is 2.63. The lowest BCUT2D eigenvalue weighted by Crippen LogP contribution is -2.58. The molecule has 216 valence electrons. The SMILES string of the molecule is CCCCc1ccc(P(C23CC4CC(CC(C4)C2)C3)C23CC4CC(CC(C4)C2)C3)c(CCCC)c1CCCC. The lowest BCUT2D eigenvalue weighted by molar-refractivity contribution is 0.0195. The topological polar surface area (TPSA) is 0 Å². The van der Waals surface area contributed by atoms with Crippen LogP contribution in [0.1, 0.15) is 153 Å². The van der Waals surface area contributed by atoms with Crippen molar-refractivity contribution in [2.45, 2.75) is 166 Å². The molecule has 0 spiro atoms. The molecule has 0 saturated heterocycles. The molecule has 0 aliphatic heterocycles. The average Bonchev–Trinajstić information content (AvgIpc) is 2.88. The second-order valence-electron chi connectivity index (χ2n) is 16.1. The molecule has 8 bridgehead atoms. The summed E-state index contributed by atoms with van der Waals surface area (Å²) in [6.45, 7) is 7.24. The molecule has 0 unspecified atom stereocenters. The zero-order valence-corrected chi connectivity index (χ0v) is 26.8. The summed E-state index contributed by atoms with van der Waals surface area (Å²) in [5.41, 5.74) is 5.57. The molecule has 1 aromatic carbocycles. The molecule has 0 radical (unpaired) electrons. The van der Waals surface area contributed by atoms with Crippen LogP contribution in [-0.2, 0) is 19.3 Å². The second-order valence-corrected chi connectivity index (χ2v) is 19.2. The van der Waals surface area contributed by atoms with Gasteiger partial charge in [0.25, 0.3) is 0 Å². The van der Waals surface area contributed by atoms with Crippen LogP contribution in [0.4, 0.5) is 0 Å². The van der Waals surface area contributed by atoms with E-state index in [9.17, 15) is 0 Å². The van der Waals surface area contributed by atoms with E-state index in [1.165, 1.54) is 57.8 Å². The lowest BCUT2D eigenvalue weighted by Gasteiger charge is -2.67. The Kier molecular flexibility index (Phi) is 7.79. The molecule has 0 nitrogen and oxygen atoms in total. The van der Waals surface area contributed by atoms with Crippen molar-refractivity contribution in [3.63, 3.8) is 0 Å². The minimum atomic E-state index is -0.0978. The number of unbranched alkanes of at least 4 members (excludes halogenated alkanes) is 3. The quantitative estimate of drug-likeness (QED) is 0.229. The van der Waals surface area contributed by atoms with Crippen molar-refractivity contribution in [3.05, 3.63) is 28.8 Å². The zero-order chi connectivity index (χ0) is 26.6. The van der Waals surface area contributed by atoms with Crippen LogP contribution in [0.15, 0.2) is 12.1 Å². The predicted octanol–water partition coefficient (Wildman–Crippen LogP) is 10.8. The summed E-state index contributed by atoms with van der Waals surface area (Å²) in [6, 6.07) is 5.57. The van der Waals surface area contributed by atoms with Gasteiger partial charge in [0.05, 0.1) is 0 Å². The van der Waals surface area contributed by atoms with E-state index in [1.807, 2.05) is 16.4 Å². The maximum absolute atomic E-state index is 2.84. The van der Waals surface area contributed by atoms with Gasteiger partial charge in [-0.3, -0.25) is 0 Å². The Hall–Kier alpha value is -0.350. The number of hydrogen-bond acceptors (Lipinski definition) is 0. The van der Waals surface area contributed by atoms with Crippen molar-refractivity contribution in [2.75, 3.05) is 0 Å². The van der Waals surface area contributed by atoms with Gasteiger partial charge in [0.1, 0.15) is 0 Å². The third kappa shape index (κ3) is 4.92. The second kappa shape index (κ2) is 11.1. The smallest absolute Gasteiger partial charge is 0.00413 e. The molecule has 0 atom stereocenters. The first kappa shape index (κ1) is 27.5. The highest BCUT2D eigenvalue weighted by molar-refractivity contribution is 7.68. The van der Waals surface area contributed by atoms with Crippen LogP contribution in [-0.4, -0.2) is 10.3 Å². The summed E-state index contributed by atoms with van der Waals surface area (Å²) in [7, 11) is -0.0978. The number of rotatable bonds is 12. The molecular weight excluding hydrogens is 487 g/mol. The Balaban J connectivity index is 1.39. The van der Waals surface area contributed by atoms with Gasteiger partial charge in [-0.15, -0.1) is 0 Å². The van der Waals surface area contributed by atoms with Gasteiger partial charge >= 0.3 is 0 Å². The van der Waals surface area contributed by atoms with E-state index in [4.69, 9.17) is 0 Å².